The molecular formula is C11H10ClFO3. The summed E-state index contributed by atoms with van der Waals surface area (Å²) in [7, 11) is 0. The number of hydrogen-bond acceptors (Lipinski definition) is 2. The third-order valence-electron chi connectivity index (χ3n) is 2.68. The molecule has 0 spiro atoms. The van der Waals surface area contributed by atoms with Gasteiger partial charge < -0.3 is 9.84 Å². The number of hydrogen-bond donors (Lipinski definition) is 1. The van der Waals surface area contributed by atoms with Gasteiger partial charge in [0.25, 0.3) is 0 Å². The summed E-state index contributed by atoms with van der Waals surface area (Å²) in [4.78, 5) is 10.9. The predicted molar refractivity (Wildman–Crippen MR) is 55.8 cm³/mol. The molecule has 1 aliphatic heterocycles. The molecule has 0 amide bonds. The minimum absolute atomic E-state index is 0.0219. The van der Waals surface area contributed by atoms with Crippen molar-refractivity contribution < 1.29 is 19.0 Å². The number of benzene rings is 1. The Morgan fingerprint density at radius 1 is 1.56 bits per heavy atom. The predicted octanol–water partition coefficient (Wildman–Crippen LogP) is 2.64. The van der Waals surface area contributed by atoms with E-state index in [0.29, 0.717) is 18.6 Å². The molecule has 0 bridgehead atoms. The van der Waals surface area contributed by atoms with Crippen LogP contribution in [0.15, 0.2) is 18.2 Å². The van der Waals surface area contributed by atoms with Gasteiger partial charge in [-0.05, 0) is 24.1 Å². The zero-order valence-corrected chi connectivity index (χ0v) is 9.08. The molecule has 2 rings (SSSR count). The number of carboxylic acid groups (broad SMARTS) is 1. The Bertz CT molecular complexity index is 422. The highest BCUT2D eigenvalue weighted by Gasteiger charge is 2.35. The first-order chi connectivity index (χ1) is 7.59. The first-order valence-electron chi connectivity index (χ1n) is 4.89. The summed E-state index contributed by atoms with van der Waals surface area (Å²) in [5, 5.41) is 8.99. The maximum atomic E-state index is 13.2. The van der Waals surface area contributed by atoms with E-state index in [4.69, 9.17) is 21.4 Å². The van der Waals surface area contributed by atoms with E-state index in [1.807, 2.05) is 0 Å². The fraction of sp³-hybridized carbons (Fsp3) is 0.364. The second-order valence-corrected chi connectivity index (χ2v) is 4.11. The van der Waals surface area contributed by atoms with E-state index in [1.165, 1.54) is 12.1 Å². The van der Waals surface area contributed by atoms with Gasteiger partial charge >= 0.3 is 5.97 Å². The molecule has 1 heterocycles. The number of rotatable bonds is 2. The van der Waals surface area contributed by atoms with Crippen molar-refractivity contribution in [1.29, 1.82) is 0 Å². The quantitative estimate of drug-likeness (QED) is 0.870. The second-order valence-electron chi connectivity index (χ2n) is 3.70. The van der Waals surface area contributed by atoms with Crippen LogP contribution < -0.4 is 0 Å². The maximum absolute atomic E-state index is 13.2. The topological polar surface area (TPSA) is 46.5 Å². The van der Waals surface area contributed by atoms with Crippen molar-refractivity contribution in [2.24, 2.45) is 5.92 Å². The number of ether oxygens (including phenoxy) is 1. The van der Waals surface area contributed by atoms with Crippen LogP contribution in [0, 0.1) is 11.7 Å². The third kappa shape index (κ3) is 2.03. The SMILES string of the molecule is O=C(O)[C@@H]1CCO[C@@H]1c1ccc(Cl)c(F)c1. The van der Waals surface area contributed by atoms with E-state index in [9.17, 15) is 9.18 Å². The summed E-state index contributed by atoms with van der Waals surface area (Å²) >= 11 is 5.55. The molecule has 0 saturated carbocycles. The summed E-state index contributed by atoms with van der Waals surface area (Å²) in [6.07, 6.45) is -0.131. The highest BCUT2D eigenvalue weighted by atomic mass is 35.5. The molecule has 1 saturated heterocycles. The third-order valence-corrected chi connectivity index (χ3v) is 2.99. The zero-order chi connectivity index (χ0) is 11.7. The number of halogens is 2. The molecule has 1 aliphatic rings. The first-order valence-corrected chi connectivity index (χ1v) is 5.27. The lowest BCUT2D eigenvalue weighted by Gasteiger charge is -2.15. The smallest absolute Gasteiger partial charge is 0.309 e. The first kappa shape index (κ1) is 11.4. The molecule has 1 aromatic rings. The lowest BCUT2D eigenvalue weighted by atomic mass is 9.95. The maximum Gasteiger partial charge on any atom is 0.309 e. The standard InChI is InChI=1S/C11H10ClFO3/c12-8-2-1-6(5-9(8)13)10-7(11(14)15)3-4-16-10/h1-2,5,7,10H,3-4H2,(H,14,15)/t7-,10-/m1/s1. The van der Waals surface area contributed by atoms with E-state index in [1.54, 1.807) is 6.07 Å². The van der Waals surface area contributed by atoms with Crippen LogP contribution in [0.5, 0.6) is 0 Å². The van der Waals surface area contributed by atoms with Gasteiger partial charge in [-0.15, -0.1) is 0 Å². The molecule has 16 heavy (non-hydrogen) atoms. The van der Waals surface area contributed by atoms with E-state index in [2.05, 4.69) is 0 Å². The summed E-state index contributed by atoms with van der Waals surface area (Å²) < 4.78 is 18.5. The summed E-state index contributed by atoms with van der Waals surface area (Å²) in [5.41, 5.74) is 0.520. The van der Waals surface area contributed by atoms with Crippen molar-refractivity contribution in [3.63, 3.8) is 0 Å². The minimum Gasteiger partial charge on any atom is -0.481 e. The Labute approximate surface area is 96.8 Å². The summed E-state index contributed by atoms with van der Waals surface area (Å²) in [6.45, 7) is 0.381. The van der Waals surface area contributed by atoms with Crippen molar-refractivity contribution in [2.75, 3.05) is 6.61 Å². The van der Waals surface area contributed by atoms with Gasteiger partial charge in [0.1, 0.15) is 5.82 Å². The molecule has 86 valence electrons. The van der Waals surface area contributed by atoms with Gasteiger partial charge in [0.2, 0.25) is 0 Å². The van der Waals surface area contributed by atoms with Gasteiger partial charge in [0.05, 0.1) is 17.0 Å². The van der Waals surface area contributed by atoms with Gasteiger partial charge in [-0.2, -0.15) is 0 Å². The Balaban J connectivity index is 2.29. The van der Waals surface area contributed by atoms with Gasteiger partial charge in [-0.3, -0.25) is 4.79 Å². The molecular weight excluding hydrogens is 235 g/mol. The highest BCUT2D eigenvalue weighted by Crippen LogP contribution is 2.35. The molecule has 1 aromatic carbocycles. The number of carboxylic acids is 1. The number of aliphatic carboxylic acids is 1. The van der Waals surface area contributed by atoms with E-state index in [-0.39, 0.29) is 5.02 Å². The van der Waals surface area contributed by atoms with Crippen LogP contribution in [0.25, 0.3) is 0 Å². The number of carbonyl (C=O) groups is 1. The van der Waals surface area contributed by atoms with E-state index >= 15 is 0 Å². The monoisotopic (exact) mass is 244 g/mol. The minimum atomic E-state index is -0.919. The van der Waals surface area contributed by atoms with E-state index in [0.717, 1.165) is 0 Å². The van der Waals surface area contributed by atoms with Crippen LogP contribution >= 0.6 is 11.6 Å². The molecule has 5 heteroatoms. The van der Waals surface area contributed by atoms with Crippen LogP contribution in [0.1, 0.15) is 18.1 Å². The van der Waals surface area contributed by atoms with Crippen LogP contribution in [-0.2, 0) is 9.53 Å². The molecule has 0 radical (unpaired) electrons. The van der Waals surface area contributed by atoms with Crippen molar-refractivity contribution >= 4 is 17.6 Å². The van der Waals surface area contributed by atoms with Crippen LogP contribution in [0.2, 0.25) is 5.02 Å². The van der Waals surface area contributed by atoms with Crippen LogP contribution in [0.3, 0.4) is 0 Å². The Kier molecular flexibility index (Phi) is 3.12. The van der Waals surface area contributed by atoms with Gasteiger partial charge in [-0.25, -0.2) is 4.39 Å². The Hall–Kier alpha value is -1.13. The lowest BCUT2D eigenvalue weighted by Crippen LogP contribution is -2.17. The lowest BCUT2D eigenvalue weighted by molar-refractivity contribution is -0.143. The summed E-state index contributed by atoms with van der Waals surface area (Å²) in [6, 6.07) is 4.23. The normalized spacial score (nSPS) is 24.6. The molecule has 0 aromatic heterocycles. The van der Waals surface area contributed by atoms with Gasteiger partial charge in [0, 0.05) is 6.61 Å². The van der Waals surface area contributed by atoms with Crippen LogP contribution in [-0.4, -0.2) is 17.7 Å². The molecule has 1 N–H and O–H groups in total. The zero-order valence-electron chi connectivity index (χ0n) is 8.32. The van der Waals surface area contributed by atoms with Crippen molar-refractivity contribution in [3.05, 3.63) is 34.6 Å². The van der Waals surface area contributed by atoms with Crippen molar-refractivity contribution in [2.45, 2.75) is 12.5 Å². The van der Waals surface area contributed by atoms with Gasteiger partial charge in [0.15, 0.2) is 0 Å². The molecule has 1 fully saturated rings. The molecule has 2 atom stereocenters. The largest absolute Gasteiger partial charge is 0.481 e. The fourth-order valence-corrected chi connectivity index (χ4v) is 1.98. The molecule has 0 aliphatic carbocycles. The van der Waals surface area contributed by atoms with Crippen LogP contribution in [0.4, 0.5) is 4.39 Å². The van der Waals surface area contributed by atoms with Crippen molar-refractivity contribution in [3.8, 4) is 0 Å². The van der Waals surface area contributed by atoms with Crippen molar-refractivity contribution in [1.82, 2.24) is 0 Å². The van der Waals surface area contributed by atoms with E-state index < -0.39 is 23.8 Å². The molecule has 3 nitrogen and oxygen atoms in total. The fourth-order valence-electron chi connectivity index (χ4n) is 1.86. The second kappa shape index (κ2) is 4.39. The highest BCUT2D eigenvalue weighted by molar-refractivity contribution is 6.30. The average Bonchev–Trinajstić information content (AvgIpc) is 2.71. The Morgan fingerprint density at radius 2 is 2.31 bits per heavy atom. The Morgan fingerprint density at radius 3 is 2.94 bits per heavy atom. The summed E-state index contributed by atoms with van der Waals surface area (Å²) in [5.74, 6) is -2.09. The average molecular weight is 245 g/mol. The molecule has 0 unspecified atom stereocenters. The van der Waals surface area contributed by atoms with Gasteiger partial charge in [-0.1, -0.05) is 17.7 Å².